The Morgan fingerprint density at radius 1 is 1.35 bits per heavy atom. The van der Waals surface area contributed by atoms with Crippen molar-refractivity contribution in [2.75, 3.05) is 24.7 Å². The normalized spacial score (nSPS) is 20.1. The lowest BCUT2D eigenvalue weighted by atomic mass is 9.85. The van der Waals surface area contributed by atoms with Crippen LogP contribution in [0, 0.1) is 0 Å². The van der Waals surface area contributed by atoms with Crippen LogP contribution in [0.25, 0.3) is 0 Å². The van der Waals surface area contributed by atoms with Crippen molar-refractivity contribution >= 4 is 15.6 Å². The van der Waals surface area contributed by atoms with Gasteiger partial charge in [0.15, 0.2) is 5.78 Å². The number of Topliss-reactive ketones (excluding diaryl/α,β-unsaturated/α-hetero) is 1. The highest BCUT2D eigenvalue weighted by Gasteiger charge is 2.34. The first-order valence-corrected chi connectivity index (χ1v) is 7.82. The van der Waals surface area contributed by atoms with Gasteiger partial charge in [0.1, 0.15) is 9.84 Å². The molecule has 0 aromatic heterocycles. The van der Waals surface area contributed by atoms with E-state index in [1.807, 2.05) is 0 Å². The topological polar surface area (TPSA) is 86.5 Å². The molecule has 17 heavy (non-hydrogen) atoms. The first-order valence-electron chi connectivity index (χ1n) is 6.00. The fourth-order valence-electron chi connectivity index (χ4n) is 1.86. The van der Waals surface area contributed by atoms with E-state index in [4.69, 9.17) is 10.5 Å². The van der Waals surface area contributed by atoms with E-state index < -0.39 is 15.4 Å². The van der Waals surface area contributed by atoms with Crippen LogP contribution in [-0.2, 0) is 19.4 Å². The number of ether oxygens (including phenoxy) is 1. The van der Waals surface area contributed by atoms with E-state index in [2.05, 4.69) is 0 Å². The molecule has 1 heterocycles. The van der Waals surface area contributed by atoms with Gasteiger partial charge in [-0.25, -0.2) is 8.42 Å². The molecule has 5 nitrogen and oxygen atoms in total. The Hall–Kier alpha value is -0.460. The van der Waals surface area contributed by atoms with Crippen molar-refractivity contribution in [3.8, 4) is 0 Å². The molecule has 100 valence electrons. The summed E-state index contributed by atoms with van der Waals surface area (Å²) in [5, 5.41) is 0. The number of carbonyl (C=O) groups excluding carboxylic acids is 1. The van der Waals surface area contributed by atoms with Gasteiger partial charge in [0, 0.05) is 25.4 Å². The van der Waals surface area contributed by atoms with Gasteiger partial charge in [0.05, 0.1) is 11.3 Å². The zero-order valence-electron chi connectivity index (χ0n) is 10.3. The Bertz CT molecular complexity index is 358. The average molecular weight is 263 g/mol. The van der Waals surface area contributed by atoms with Crippen molar-refractivity contribution in [3.05, 3.63) is 0 Å². The molecule has 0 bridgehead atoms. The molecular weight excluding hydrogens is 242 g/mol. The fraction of sp³-hybridized carbons (Fsp3) is 0.909. The van der Waals surface area contributed by atoms with Crippen LogP contribution < -0.4 is 5.73 Å². The van der Waals surface area contributed by atoms with Crippen LogP contribution in [0.2, 0.25) is 0 Å². The SMILES string of the molecule is CCS(=O)(=O)CCCC(=O)C1(N)CCOCC1. The van der Waals surface area contributed by atoms with Gasteiger partial charge in [-0.15, -0.1) is 0 Å². The maximum atomic E-state index is 11.9. The zero-order valence-corrected chi connectivity index (χ0v) is 11.1. The molecule has 1 aliphatic heterocycles. The molecule has 1 fully saturated rings. The quantitative estimate of drug-likeness (QED) is 0.743. The van der Waals surface area contributed by atoms with Crippen molar-refractivity contribution < 1.29 is 17.9 Å². The third-order valence-corrected chi connectivity index (χ3v) is 5.03. The first-order chi connectivity index (χ1) is 7.90. The Morgan fingerprint density at radius 3 is 2.47 bits per heavy atom. The van der Waals surface area contributed by atoms with Crippen molar-refractivity contribution in [1.82, 2.24) is 0 Å². The molecule has 1 saturated heterocycles. The summed E-state index contributed by atoms with van der Waals surface area (Å²) in [7, 11) is -2.98. The Balaban J connectivity index is 2.39. The van der Waals surface area contributed by atoms with E-state index in [0.717, 1.165) is 0 Å². The number of rotatable bonds is 6. The summed E-state index contributed by atoms with van der Waals surface area (Å²) >= 11 is 0. The van der Waals surface area contributed by atoms with Crippen LogP contribution in [-0.4, -0.2) is 44.5 Å². The van der Waals surface area contributed by atoms with Crippen molar-refractivity contribution in [1.29, 1.82) is 0 Å². The maximum Gasteiger partial charge on any atom is 0.152 e. The van der Waals surface area contributed by atoms with E-state index >= 15 is 0 Å². The first kappa shape index (κ1) is 14.6. The number of sulfone groups is 1. The number of ketones is 1. The zero-order chi connectivity index (χ0) is 12.9. The van der Waals surface area contributed by atoms with Crippen molar-refractivity contribution in [2.45, 2.75) is 38.1 Å². The lowest BCUT2D eigenvalue weighted by Crippen LogP contribution is -2.51. The van der Waals surface area contributed by atoms with Gasteiger partial charge in [0.25, 0.3) is 0 Å². The summed E-state index contributed by atoms with van der Waals surface area (Å²) in [4.78, 5) is 11.9. The largest absolute Gasteiger partial charge is 0.381 e. The van der Waals surface area contributed by atoms with E-state index in [0.29, 0.717) is 32.5 Å². The van der Waals surface area contributed by atoms with Crippen LogP contribution in [0.3, 0.4) is 0 Å². The second kappa shape index (κ2) is 5.93. The molecule has 0 unspecified atom stereocenters. The summed E-state index contributed by atoms with van der Waals surface area (Å²) in [6.07, 6.45) is 1.68. The molecule has 0 atom stereocenters. The summed E-state index contributed by atoms with van der Waals surface area (Å²) < 4.78 is 27.7. The molecular formula is C11H21NO4S. The van der Waals surface area contributed by atoms with E-state index in [-0.39, 0.29) is 23.7 Å². The fourth-order valence-corrected chi connectivity index (χ4v) is 2.73. The molecule has 0 aliphatic carbocycles. The molecule has 0 amide bonds. The Morgan fingerprint density at radius 2 is 1.94 bits per heavy atom. The van der Waals surface area contributed by atoms with E-state index in [9.17, 15) is 13.2 Å². The van der Waals surface area contributed by atoms with Gasteiger partial charge in [-0.05, 0) is 19.3 Å². The highest BCUT2D eigenvalue weighted by molar-refractivity contribution is 7.91. The van der Waals surface area contributed by atoms with Crippen LogP contribution in [0.4, 0.5) is 0 Å². The number of hydrogen-bond donors (Lipinski definition) is 1. The number of hydrogen-bond acceptors (Lipinski definition) is 5. The lowest BCUT2D eigenvalue weighted by Gasteiger charge is -2.31. The minimum Gasteiger partial charge on any atom is -0.381 e. The molecule has 2 N–H and O–H groups in total. The van der Waals surface area contributed by atoms with Gasteiger partial charge in [-0.3, -0.25) is 4.79 Å². The van der Waals surface area contributed by atoms with Crippen LogP contribution in [0.15, 0.2) is 0 Å². The summed E-state index contributed by atoms with van der Waals surface area (Å²) in [6, 6.07) is 0. The molecule has 1 aliphatic rings. The molecule has 0 radical (unpaired) electrons. The minimum atomic E-state index is -2.98. The molecule has 6 heteroatoms. The summed E-state index contributed by atoms with van der Waals surface area (Å²) in [6.45, 7) is 2.63. The van der Waals surface area contributed by atoms with Crippen LogP contribution in [0.1, 0.15) is 32.6 Å². The molecule has 0 spiro atoms. The van der Waals surface area contributed by atoms with Gasteiger partial charge in [0.2, 0.25) is 0 Å². The predicted molar refractivity (Wildman–Crippen MR) is 65.5 cm³/mol. The molecule has 0 saturated carbocycles. The molecule has 0 aromatic carbocycles. The lowest BCUT2D eigenvalue weighted by molar-refractivity contribution is -0.127. The highest BCUT2D eigenvalue weighted by Crippen LogP contribution is 2.20. The van der Waals surface area contributed by atoms with Crippen LogP contribution in [0.5, 0.6) is 0 Å². The molecule has 0 aromatic rings. The Labute approximate surface area is 103 Å². The average Bonchev–Trinajstić information content (AvgIpc) is 2.29. The second-order valence-corrected chi connectivity index (χ2v) is 7.00. The number of nitrogens with two attached hydrogens (primary N) is 1. The summed E-state index contributed by atoms with van der Waals surface area (Å²) in [5.41, 5.74) is 5.21. The third kappa shape index (κ3) is 4.37. The summed E-state index contributed by atoms with van der Waals surface area (Å²) in [5.74, 6) is 0.164. The monoisotopic (exact) mass is 263 g/mol. The maximum absolute atomic E-state index is 11.9. The van der Waals surface area contributed by atoms with Gasteiger partial charge >= 0.3 is 0 Å². The number of carbonyl (C=O) groups is 1. The van der Waals surface area contributed by atoms with E-state index in [1.165, 1.54) is 0 Å². The highest BCUT2D eigenvalue weighted by atomic mass is 32.2. The molecule has 1 rings (SSSR count). The van der Waals surface area contributed by atoms with Gasteiger partial charge in [-0.1, -0.05) is 6.92 Å². The van der Waals surface area contributed by atoms with Gasteiger partial charge < -0.3 is 10.5 Å². The predicted octanol–water partition coefficient (Wildman–Crippen LogP) is 0.278. The van der Waals surface area contributed by atoms with Gasteiger partial charge in [-0.2, -0.15) is 0 Å². The minimum absolute atomic E-state index is 0.0351. The van der Waals surface area contributed by atoms with E-state index in [1.54, 1.807) is 6.92 Å². The smallest absolute Gasteiger partial charge is 0.152 e. The van der Waals surface area contributed by atoms with Crippen molar-refractivity contribution in [3.63, 3.8) is 0 Å². The second-order valence-electron chi connectivity index (χ2n) is 4.53. The standard InChI is InChI=1S/C11H21NO4S/c1-2-17(14,15)9-3-4-10(13)11(12)5-7-16-8-6-11/h2-9,12H2,1H3. The van der Waals surface area contributed by atoms with Crippen LogP contribution >= 0.6 is 0 Å². The Kier molecular flexibility index (Phi) is 5.09. The third-order valence-electron chi connectivity index (χ3n) is 3.24. The van der Waals surface area contributed by atoms with Crippen molar-refractivity contribution in [2.24, 2.45) is 5.73 Å².